The third-order valence-corrected chi connectivity index (χ3v) is 2.99. The molecule has 0 nitrogen and oxygen atoms in total. The van der Waals surface area contributed by atoms with Gasteiger partial charge in [0.15, 0.2) is 0 Å². The standard InChI is InChI=1S/C14H22.CH4/c1-5-8-13(11(2)3)14-10-7-6-9-12(14)4;/h6-7,9-11,13H,5,8H2,1-4H3;1H4. The molecule has 0 aliphatic carbocycles. The Morgan fingerprint density at radius 3 is 2.20 bits per heavy atom. The van der Waals surface area contributed by atoms with E-state index in [-0.39, 0.29) is 7.43 Å². The zero-order chi connectivity index (χ0) is 10.6. The van der Waals surface area contributed by atoms with E-state index >= 15 is 0 Å². The molecule has 15 heavy (non-hydrogen) atoms. The molecule has 0 aromatic heterocycles. The van der Waals surface area contributed by atoms with Crippen molar-refractivity contribution in [3.8, 4) is 0 Å². The first-order valence-electron chi connectivity index (χ1n) is 5.72. The molecule has 0 saturated heterocycles. The van der Waals surface area contributed by atoms with Gasteiger partial charge < -0.3 is 0 Å². The zero-order valence-electron chi connectivity index (χ0n) is 9.88. The lowest BCUT2D eigenvalue weighted by Gasteiger charge is -2.22. The van der Waals surface area contributed by atoms with Crippen LogP contribution in [0.2, 0.25) is 0 Å². The topological polar surface area (TPSA) is 0 Å². The van der Waals surface area contributed by atoms with Gasteiger partial charge in [0.25, 0.3) is 0 Å². The predicted octanol–water partition coefficient (Wildman–Crippen LogP) is 5.17. The van der Waals surface area contributed by atoms with Gasteiger partial charge in [-0.15, -0.1) is 0 Å². The lowest BCUT2D eigenvalue weighted by molar-refractivity contribution is 0.462. The van der Waals surface area contributed by atoms with E-state index in [0.717, 1.165) is 11.8 Å². The number of aryl methyl sites for hydroxylation is 1. The minimum absolute atomic E-state index is 0. The maximum absolute atomic E-state index is 2.33. The highest BCUT2D eigenvalue weighted by Crippen LogP contribution is 2.30. The van der Waals surface area contributed by atoms with E-state index in [1.165, 1.54) is 18.4 Å². The third kappa shape index (κ3) is 3.70. The summed E-state index contributed by atoms with van der Waals surface area (Å²) in [4.78, 5) is 0. The first-order chi connectivity index (χ1) is 6.66. The van der Waals surface area contributed by atoms with Crippen molar-refractivity contribution in [2.45, 2.75) is 53.9 Å². The van der Waals surface area contributed by atoms with Crippen LogP contribution in [-0.2, 0) is 0 Å². The summed E-state index contributed by atoms with van der Waals surface area (Å²) in [6.45, 7) is 9.15. The fourth-order valence-corrected chi connectivity index (χ4v) is 2.16. The van der Waals surface area contributed by atoms with Crippen LogP contribution in [0.3, 0.4) is 0 Å². The second-order valence-corrected chi connectivity index (χ2v) is 4.50. The summed E-state index contributed by atoms with van der Waals surface area (Å²) in [5, 5.41) is 0. The molecule has 86 valence electrons. The highest BCUT2D eigenvalue weighted by Gasteiger charge is 2.15. The lowest BCUT2D eigenvalue weighted by Crippen LogP contribution is -2.07. The van der Waals surface area contributed by atoms with Crippen LogP contribution in [0.25, 0.3) is 0 Å². The molecule has 1 unspecified atom stereocenters. The Kier molecular flexibility index (Phi) is 6.31. The molecule has 0 fully saturated rings. The van der Waals surface area contributed by atoms with Gasteiger partial charge in [-0.2, -0.15) is 0 Å². The molecular formula is C15H26. The monoisotopic (exact) mass is 206 g/mol. The van der Waals surface area contributed by atoms with Gasteiger partial charge in [0.2, 0.25) is 0 Å². The molecule has 0 amide bonds. The molecule has 0 N–H and O–H groups in total. The maximum Gasteiger partial charge on any atom is -0.0136 e. The smallest absolute Gasteiger partial charge is 0.0136 e. The summed E-state index contributed by atoms with van der Waals surface area (Å²) >= 11 is 0. The van der Waals surface area contributed by atoms with E-state index in [4.69, 9.17) is 0 Å². The van der Waals surface area contributed by atoms with Crippen LogP contribution in [0.5, 0.6) is 0 Å². The Balaban J connectivity index is 0.00000196. The van der Waals surface area contributed by atoms with Gasteiger partial charge in [0, 0.05) is 0 Å². The van der Waals surface area contributed by atoms with E-state index in [9.17, 15) is 0 Å². The largest absolute Gasteiger partial charge is 0.0776 e. The predicted molar refractivity (Wildman–Crippen MR) is 70.4 cm³/mol. The van der Waals surface area contributed by atoms with E-state index in [1.54, 1.807) is 5.56 Å². The molecule has 1 aromatic rings. The van der Waals surface area contributed by atoms with Crippen LogP contribution >= 0.6 is 0 Å². The molecule has 0 aliphatic heterocycles. The first-order valence-corrected chi connectivity index (χ1v) is 5.72. The molecule has 1 aromatic carbocycles. The quantitative estimate of drug-likeness (QED) is 0.637. The van der Waals surface area contributed by atoms with Crippen LogP contribution in [-0.4, -0.2) is 0 Å². The Morgan fingerprint density at radius 1 is 1.13 bits per heavy atom. The third-order valence-electron chi connectivity index (χ3n) is 2.99. The molecule has 0 aliphatic rings. The van der Waals surface area contributed by atoms with E-state index < -0.39 is 0 Å². The van der Waals surface area contributed by atoms with Crippen LogP contribution < -0.4 is 0 Å². The van der Waals surface area contributed by atoms with Crippen molar-refractivity contribution in [1.29, 1.82) is 0 Å². The fraction of sp³-hybridized carbons (Fsp3) is 0.600. The summed E-state index contributed by atoms with van der Waals surface area (Å²) in [6, 6.07) is 8.80. The molecule has 0 saturated carbocycles. The van der Waals surface area contributed by atoms with E-state index in [2.05, 4.69) is 52.0 Å². The average Bonchev–Trinajstić information content (AvgIpc) is 2.15. The fourth-order valence-electron chi connectivity index (χ4n) is 2.16. The highest BCUT2D eigenvalue weighted by molar-refractivity contribution is 5.29. The Labute approximate surface area is 95.7 Å². The van der Waals surface area contributed by atoms with Gasteiger partial charge in [-0.3, -0.25) is 0 Å². The highest BCUT2D eigenvalue weighted by atomic mass is 14.2. The summed E-state index contributed by atoms with van der Waals surface area (Å²) in [5.41, 5.74) is 2.99. The molecule has 0 heterocycles. The average molecular weight is 206 g/mol. The van der Waals surface area contributed by atoms with Crippen molar-refractivity contribution in [1.82, 2.24) is 0 Å². The summed E-state index contributed by atoms with van der Waals surface area (Å²) in [5.74, 6) is 1.48. The Bertz CT molecular complexity index is 273. The SMILES string of the molecule is C.CCCC(c1ccccc1C)C(C)C. The summed E-state index contributed by atoms with van der Waals surface area (Å²) in [7, 11) is 0. The molecule has 1 rings (SSSR count). The first kappa shape index (κ1) is 14.2. The van der Waals surface area contributed by atoms with Crippen molar-refractivity contribution in [3.63, 3.8) is 0 Å². The van der Waals surface area contributed by atoms with Crippen molar-refractivity contribution in [2.75, 3.05) is 0 Å². The Hall–Kier alpha value is -0.780. The van der Waals surface area contributed by atoms with Gasteiger partial charge in [-0.1, -0.05) is 58.9 Å². The molecule has 0 bridgehead atoms. The molecule has 0 spiro atoms. The van der Waals surface area contributed by atoms with Crippen LogP contribution in [0.1, 0.15) is 58.1 Å². The normalized spacial score (nSPS) is 12.3. The molecule has 1 atom stereocenters. The van der Waals surface area contributed by atoms with Crippen molar-refractivity contribution < 1.29 is 0 Å². The van der Waals surface area contributed by atoms with Crippen molar-refractivity contribution in [2.24, 2.45) is 5.92 Å². The molecular weight excluding hydrogens is 180 g/mol. The minimum Gasteiger partial charge on any atom is -0.0776 e. The molecule has 0 heteroatoms. The van der Waals surface area contributed by atoms with Gasteiger partial charge in [-0.25, -0.2) is 0 Å². The van der Waals surface area contributed by atoms with Crippen LogP contribution in [0, 0.1) is 12.8 Å². The van der Waals surface area contributed by atoms with Gasteiger partial charge in [0.05, 0.1) is 0 Å². The van der Waals surface area contributed by atoms with Crippen LogP contribution in [0.15, 0.2) is 24.3 Å². The summed E-state index contributed by atoms with van der Waals surface area (Å²) in [6.07, 6.45) is 2.58. The lowest BCUT2D eigenvalue weighted by atomic mass is 9.83. The van der Waals surface area contributed by atoms with Gasteiger partial charge in [0.1, 0.15) is 0 Å². The minimum atomic E-state index is 0. The van der Waals surface area contributed by atoms with Crippen LogP contribution in [0.4, 0.5) is 0 Å². The van der Waals surface area contributed by atoms with E-state index in [1.807, 2.05) is 0 Å². The summed E-state index contributed by atoms with van der Waals surface area (Å²) < 4.78 is 0. The van der Waals surface area contributed by atoms with Gasteiger partial charge in [-0.05, 0) is 36.3 Å². The number of rotatable bonds is 4. The second kappa shape index (κ2) is 6.66. The number of hydrogen-bond acceptors (Lipinski definition) is 0. The molecule has 0 radical (unpaired) electrons. The van der Waals surface area contributed by atoms with Gasteiger partial charge >= 0.3 is 0 Å². The maximum atomic E-state index is 2.33. The number of benzene rings is 1. The van der Waals surface area contributed by atoms with Crippen molar-refractivity contribution in [3.05, 3.63) is 35.4 Å². The zero-order valence-corrected chi connectivity index (χ0v) is 9.88. The van der Waals surface area contributed by atoms with Crippen molar-refractivity contribution >= 4 is 0 Å². The second-order valence-electron chi connectivity index (χ2n) is 4.50. The number of hydrogen-bond donors (Lipinski definition) is 0. The Morgan fingerprint density at radius 2 is 1.73 bits per heavy atom. The van der Waals surface area contributed by atoms with E-state index in [0.29, 0.717) is 0 Å².